The first kappa shape index (κ1) is 31.5. The number of aromatic nitrogens is 3. The molecule has 41 heavy (non-hydrogen) atoms. The van der Waals surface area contributed by atoms with Crippen molar-refractivity contribution in [3.63, 3.8) is 0 Å². The van der Waals surface area contributed by atoms with E-state index in [-0.39, 0.29) is 28.5 Å². The summed E-state index contributed by atoms with van der Waals surface area (Å²) in [6, 6.07) is 9.57. The van der Waals surface area contributed by atoms with Gasteiger partial charge in [-0.3, -0.25) is 9.36 Å². The van der Waals surface area contributed by atoms with Crippen molar-refractivity contribution >= 4 is 23.6 Å². The number of ether oxygens (including phenoxy) is 1. The second-order valence-electron chi connectivity index (χ2n) is 8.69. The molecule has 2 atom stereocenters. The van der Waals surface area contributed by atoms with Gasteiger partial charge in [-0.25, -0.2) is 14.3 Å². The van der Waals surface area contributed by atoms with Crippen LogP contribution in [0.25, 0.3) is 11.4 Å². The Morgan fingerprint density at radius 2 is 1.76 bits per heavy atom. The SMILES string of the molecule is NC(=O)OCC(CNC(=O)Cn1nc(-c2ccc(Cl)cc2)n(CC(O)C(F)(F)F)c1=O)c1cccc(C(F)(F)F)c1. The van der Waals surface area contributed by atoms with Crippen LogP contribution >= 0.6 is 11.6 Å². The molecule has 0 aliphatic heterocycles. The highest BCUT2D eigenvalue weighted by Gasteiger charge is 2.39. The Morgan fingerprint density at radius 3 is 2.34 bits per heavy atom. The summed E-state index contributed by atoms with van der Waals surface area (Å²) >= 11 is 5.84. The molecule has 222 valence electrons. The van der Waals surface area contributed by atoms with Crippen molar-refractivity contribution in [2.24, 2.45) is 5.73 Å². The molecule has 0 aliphatic rings. The van der Waals surface area contributed by atoms with Gasteiger partial charge < -0.3 is 20.9 Å². The second kappa shape index (κ2) is 12.6. The molecular weight excluding hydrogens is 588 g/mol. The fourth-order valence-electron chi connectivity index (χ4n) is 3.65. The van der Waals surface area contributed by atoms with Gasteiger partial charge in [0.15, 0.2) is 11.9 Å². The zero-order valence-corrected chi connectivity index (χ0v) is 21.5. The van der Waals surface area contributed by atoms with Gasteiger partial charge in [0.2, 0.25) is 5.91 Å². The number of nitrogens with zero attached hydrogens (tertiary/aromatic N) is 3. The minimum absolute atomic E-state index is 0.0500. The number of hydrogen-bond donors (Lipinski definition) is 3. The van der Waals surface area contributed by atoms with E-state index in [9.17, 15) is 45.8 Å². The molecule has 17 heteroatoms. The van der Waals surface area contributed by atoms with E-state index in [0.29, 0.717) is 9.25 Å². The quantitative estimate of drug-likeness (QED) is 0.301. The third-order valence-corrected chi connectivity index (χ3v) is 5.96. The molecule has 0 radical (unpaired) electrons. The Balaban J connectivity index is 1.84. The minimum atomic E-state index is -5.05. The van der Waals surface area contributed by atoms with Crippen molar-refractivity contribution in [2.45, 2.75) is 37.5 Å². The smallest absolute Gasteiger partial charge is 0.416 e. The van der Waals surface area contributed by atoms with Gasteiger partial charge in [-0.15, -0.1) is 5.10 Å². The summed E-state index contributed by atoms with van der Waals surface area (Å²) in [6.07, 6.45) is -13.9. The van der Waals surface area contributed by atoms with Crippen molar-refractivity contribution in [3.05, 3.63) is 75.2 Å². The predicted molar refractivity (Wildman–Crippen MR) is 132 cm³/mol. The number of benzene rings is 2. The molecule has 2 aromatic carbocycles. The Morgan fingerprint density at radius 1 is 1.10 bits per heavy atom. The second-order valence-corrected chi connectivity index (χ2v) is 9.13. The Bertz CT molecular complexity index is 1440. The van der Waals surface area contributed by atoms with E-state index in [4.69, 9.17) is 22.1 Å². The van der Waals surface area contributed by atoms with Crippen LogP contribution in [0.3, 0.4) is 0 Å². The number of aliphatic hydroxyl groups excluding tert-OH is 1. The molecule has 0 saturated carbocycles. The number of hydrogen-bond acceptors (Lipinski definition) is 6. The van der Waals surface area contributed by atoms with Gasteiger partial charge in [-0.05, 0) is 35.9 Å². The van der Waals surface area contributed by atoms with Crippen LogP contribution in [0.2, 0.25) is 5.02 Å². The molecule has 1 heterocycles. The van der Waals surface area contributed by atoms with Crippen molar-refractivity contribution in [1.29, 1.82) is 0 Å². The molecule has 4 N–H and O–H groups in total. The number of carbonyl (C=O) groups is 2. The maximum absolute atomic E-state index is 13.2. The summed E-state index contributed by atoms with van der Waals surface area (Å²) in [6.45, 7) is -2.90. The lowest BCUT2D eigenvalue weighted by Crippen LogP contribution is -2.39. The lowest BCUT2D eigenvalue weighted by atomic mass is 9.97. The Hall–Kier alpha value is -4.05. The molecular formula is C24H22ClF6N5O5. The lowest BCUT2D eigenvalue weighted by Gasteiger charge is -2.19. The molecule has 0 fully saturated rings. The first-order valence-corrected chi connectivity index (χ1v) is 12.0. The zero-order chi connectivity index (χ0) is 30.5. The number of rotatable bonds is 10. The number of alkyl halides is 6. The highest BCUT2D eigenvalue weighted by Crippen LogP contribution is 2.31. The summed E-state index contributed by atoms with van der Waals surface area (Å²) in [5.74, 6) is -2.18. The van der Waals surface area contributed by atoms with Crippen molar-refractivity contribution < 1.29 is 45.8 Å². The number of carbonyl (C=O) groups excluding carboxylic acids is 2. The molecule has 0 aliphatic carbocycles. The maximum atomic E-state index is 13.2. The van der Waals surface area contributed by atoms with Gasteiger partial charge in [0, 0.05) is 23.0 Å². The normalized spacial score (nSPS) is 13.5. The van der Waals surface area contributed by atoms with Gasteiger partial charge in [0.05, 0.1) is 12.1 Å². The minimum Gasteiger partial charge on any atom is -0.449 e. The lowest BCUT2D eigenvalue weighted by molar-refractivity contribution is -0.207. The monoisotopic (exact) mass is 609 g/mol. The van der Waals surface area contributed by atoms with Gasteiger partial charge in [-0.1, -0.05) is 29.8 Å². The third-order valence-electron chi connectivity index (χ3n) is 5.71. The summed E-state index contributed by atoms with van der Waals surface area (Å²) in [5, 5.41) is 16.1. The van der Waals surface area contributed by atoms with E-state index in [2.05, 4.69) is 10.4 Å². The van der Waals surface area contributed by atoms with Crippen LogP contribution in [-0.4, -0.2) is 56.9 Å². The van der Waals surface area contributed by atoms with Crippen LogP contribution in [0.15, 0.2) is 53.3 Å². The summed E-state index contributed by atoms with van der Waals surface area (Å²) in [5.41, 5.74) is 3.02. The largest absolute Gasteiger partial charge is 0.449 e. The Labute approximate surface area is 232 Å². The van der Waals surface area contributed by atoms with Crippen molar-refractivity contribution in [3.8, 4) is 11.4 Å². The van der Waals surface area contributed by atoms with Crippen molar-refractivity contribution in [1.82, 2.24) is 19.7 Å². The molecule has 0 saturated heterocycles. The Kier molecular flexibility index (Phi) is 9.70. The fraction of sp³-hybridized carbons (Fsp3) is 0.333. The number of primary amides is 1. The molecule has 0 bridgehead atoms. The molecule has 3 rings (SSSR count). The van der Waals surface area contributed by atoms with Gasteiger partial charge in [0.25, 0.3) is 0 Å². The zero-order valence-electron chi connectivity index (χ0n) is 20.7. The number of halogens is 7. The predicted octanol–water partition coefficient (Wildman–Crippen LogP) is 3.30. The van der Waals surface area contributed by atoms with Gasteiger partial charge in [0.1, 0.15) is 13.2 Å². The summed E-state index contributed by atoms with van der Waals surface area (Å²) in [7, 11) is 0. The fourth-order valence-corrected chi connectivity index (χ4v) is 3.78. The average molecular weight is 610 g/mol. The van der Waals surface area contributed by atoms with E-state index in [1.165, 1.54) is 30.3 Å². The van der Waals surface area contributed by atoms with Crippen LogP contribution in [0, 0.1) is 0 Å². The van der Waals surface area contributed by atoms with Crippen LogP contribution in [0.5, 0.6) is 0 Å². The molecule has 2 amide bonds. The number of nitrogens with one attached hydrogen (secondary N) is 1. The number of aliphatic hydroxyl groups is 1. The van der Waals surface area contributed by atoms with Gasteiger partial charge >= 0.3 is 24.1 Å². The summed E-state index contributed by atoms with van der Waals surface area (Å²) < 4.78 is 84.3. The topological polar surface area (TPSA) is 141 Å². The van der Waals surface area contributed by atoms with E-state index in [1.54, 1.807) is 0 Å². The number of nitrogens with two attached hydrogens (primary N) is 1. The van der Waals surface area contributed by atoms with E-state index < -0.39 is 67.3 Å². The molecule has 1 aromatic heterocycles. The van der Waals surface area contributed by atoms with Crippen LogP contribution in [0.4, 0.5) is 31.1 Å². The molecule has 2 unspecified atom stereocenters. The van der Waals surface area contributed by atoms with Crippen molar-refractivity contribution in [2.75, 3.05) is 13.2 Å². The summed E-state index contributed by atoms with van der Waals surface area (Å²) in [4.78, 5) is 36.6. The third kappa shape index (κ3) is 8.47. The van der Waals surface area contributed by atoms with Gasteiger partial charge in [-0.2, -0.15) is 26.3 Å². The first-order valence-electron chi connectivity index (χ1n) is 11.6. The molecule has 10 nitrogen and oxygen atoms in total. The highest BCUT2D eigenvalue weighted by atomic mass is 35.5. The van der Waals surface area contributed by atoms with E-state index in [1.807, 2.05) is 0 Å². The van der Waals surface area contributed by atoms with Crippen LogP contribution in [-0.2, 0) is 28.8 Å². The first-order chi connectivity index (χ1) is 19.1. The van der Waals surface area contributed by atoms with Crippen LogP contribution < -0.4 is 16.7 Å². The van der Waals surface area contributed by atoms with E-state index >= 15 is 0 Å². The highest BCUT2D eigenvalue weighted by molar-refractivity contribution is 6.30. The molecule has 0 spiro atoms. The van der Waals surface area contributed by atoms with E-state index in [0.717, 1.165) is 18.2 Å². The maximum Gasteiger partial charge on any atom is 0.416 e. The molecule has 3 aromatic rings. The standard InChI is InChI=1S/C24H22ClF6N5O5/c25-17-6-4-13(5-7-17)20-34-36(22(40)35(20)10-18(37)24(29,30)31)11-19(38)33-9-15(12-41-21(32)39)14-2-1-3-16(8-14)23(26,27)28/h1-8,15,18,37H,9-12H2,(H2,32,39)(H,33,38). The number of amides is 2. The van der Waals surface area contributed by atoms with Crippen LogP contribution in [0.1, 0.15) is 17.0 Å². The average Bonchev–Trinajstić information content (AvgIpc) is 3.18.